The molecule has 0 aromatic carbocycles. The monoisotopic (exact) mass is 254 g/mol. The Hall–Kier alpha value is -2.42. The van der Waals surface area contributed by atoms with Crippen LogP contribution in [0, 0.1) is 11.3 Å². The van der Waals surface area contributed by atoms with E-state index in [1.54, 1.807) is 18.6 Å². The Morgan fingerprint density at radius 3 is 2.95 bits per heavy atom. The van der Waals surface area contributed by atoms with Gasteiger partial charge in [-0.1, -0.05) is 0 Å². The fourth-order valence-corrected chi connectivity index (χ4v) is 2.52. The van der Waals surface area contributed by atoms with Gasteiger partial charge in [0.25, 0.3) is 0 Å². The fraction of sp³-hybridized carbons (Fsp3) is 0.385. The molecular weight excluding hydrogens is 240 g/mol. The van der Waals surface area contributed by atoms with Gasteiger partial charge >= 0.3 is 0 Å². The van der Waals surface area contributed by atoms with Crippen molar-refractivity contribution in [3.63, 3.8) is 0 Å². The lowest BCUT2D eigenvalue weighted by atomic mass is 10.1. The van der Waals surface area contributed by atoms with E-state index < -0.39 is 0 Å². The van der Waals surface area contributed by atoms with Crippen LogP contribution < -0.4 is 4.90 Å². The zero-order chi connectivity index (χ0) is 13.1. The Labute approximate surface area is 111 Å². The summed E-state index contributed by atoms with van der Waals surface area (Å²) in [7, 11) is 0. The van der Waals surface area contributed by atoms with Gasteiger partial charge in [0.15, 0.2) is 11.5 Å². The first-order valence-electron chi connectivity index (χ1n) is 6.32. The van der Waals surface area contributed by atoms with Crippen LogP contribution in [0.15, 0.2) is 31.1 Å². The van der Waals surface area contributed by atoms with Gasteiger partial charge in [-0.3, -0.25) is 0 Å². The number of hydrogen-bond acceptors (Lipinski definition) is 5. The van der Waals surface area contributed by atoms with Gasteiger partial charge in [-0.05, 0) is 12.8 Å². The molecular formula is C13H14N6. The molecule has 3 rings (SSSR count). The Balaban J connectivity index is 1.84. The van der Waals surface area contributed by atoms with Crippen molar-refractivity contribution in [1.29, 1.82) is 5.26 Å². The van der Waals surface area contributed by atoms with Crippen molar-refractivity contribution in [3.8, 4) is 6.07 Å². The van der Waals surface area contributed by atoms with Crippen LogP contribution in [0.1, 0.15) is 24.6 Å². The molecule has 0 spiro atoms. The van der Waals surface area contributed by atoms with Gasteiger partial charge in [0.05, 0.1) is 12.4 Å². The minimum Gasteiger partial charge on any atom is -0.352 e. The van der Waals surface area contributed by atoms with E-state index in [0.29, 0.717) is 17.6 Å². The molecule has 0 aliphatic carbocycles. The molecule has 0 N–H and O–H groups in total. The molecule has 19 heavy (non-hydrogen) atoms. The smallest absolute Gasteiger partial charge is 0.183 e. The second-order valence-corrected chi connectivity index (χ2v) is 4.59. The molecule has 2 aromatic heterocycles. The number of piperidine rings is 1. The largest absolute Gasteiger partial charge is 0.352 e. The topological polar surface area (TPSA) is 70.6 Å². The highest BCUT2D eigenvalue weighted by Gasteiger charge is 2.23. The van der Waals surface area contributed by atoms with Gasteiger partial charge in [-0.25, -0.2) is 15.0 Å². The summed E-state index contributed by atoms with van der Waals surface area (Å²) in [5.74, 6) is 0.690. The third-order valence-corrected chi connectivity index (χ3v) is 3.43. The fourth-order valence-electron chi connectivity index (χ4n) is 2.52. The summed E-state index contributed by atoms with van der Waals surface area (Å²) in [6.07, 6.45) is 11.0. The van der Waals surface area contributed by atoms with E-state index in [-0.39, 0.29) is 0 Å². The molecule has 96 valence electrons. The highest BCUT2D eigenvalue weighted by molar-refractivity contribution is 5.49. The third kappa shape index (κ3) is 2.27. The Morgan fingerprint density at radius 2 is 2.16 bits per heavy atom. The van der Waals surface area contributed by atoms with Crippen LogP contribution in [-0.4, -0.2) is 32.6 Å². The van der Waals surface area contributed by atoms with E-state index in [1.807, 2.05) is 12.5 Å². The van der Waals surface area contributed by atoms with Crippen molar-refractivity contribution in [2.45, 2.75) is 18.9 Å². The van der Waals surface area contributed by atoms with Crippen molar-refractivity contribution in [2.75, 3.05) is 18.0 Å². The SMILES string of the molecule is N#Cc1nccnc1N1CCC[C@@H](n2ccnc2)C1. The van der Waals surface area contributed by atoms with Crippen LogP contribution >= 0.6 is 0 Å². The molecule has 0 unspecified atom stereocenters. The van der Waals surface area contributed by atoms with E-state index >= 15 is 0 Å². The van der Waals surface area contributed by atoms with Crippen LogP contribution in [0.25, 0.3) is 0 Å². The van der Waals surface area contributed by atoms with Crippen LogP contribution in [-0.2, 0) is 0 Å². The molecule has 0 radical (unpaired) electrons. The molecule has 0 saturated carbocycles. The van der Waals surface area contributed by atoms with Crippen LogP contribution in [0.5, 0.6) is 0 Å². The molecule has 1 atom stereocenters. The van der Waals surface area contributed by atoms with Gasteiger partial charge in [-0.2, -0.15) is 5.26 Å². The second-order valence-electron chi connectivity index (χ2n) is 4.59. The first kappa shape index (κ1) is 11.7. The number of nitriles is 1. The van der Waals surface area contributed by atoms with Crippen molar-refractivity contribution >= 4 is 5.82 Å². The molecule has 6 heteroatoms. The summed E-state index contributed by atoms with van der Waals surface area (Å²) in [5, 5.41) is 9.10. The van der Waals surface area contributed by atoms with Crippen LogP contribution in [0.2, 0.25) is 0 Å². The standard InChI is InChI=1S/C13H14N6/c14-8-12-13(17-4-3-16-12)18-6-1-2-11(9-18)19-7-5-15-10-19/h3-5,7,10-11H,1-2,6,9H2/t11-/m1/s1. The second kappa shape index (κ2) is 5.06. The maximum Gasteiger partial charge on any atom is 0.183 e. The lowest BCUT2D eigenvalue weighted by Gasteiger charge is -2.34. The minimum absolute atomic E-state index is 0.379. The summed E-state index contributed by atoms with van der Waals surface area (Å²) in [6, 6.07) is 2.49. The van der Waals surface area contributed by atoms with Gasteiger partial charge < -0.3 is 9.47 Å². The average Bonchev–Trinajstić information content (AvgIpc) is 3.01. The van der Waals surface area contributed by atoms with Crippen molar-refractivity contribution < 1.29 is 0 Å². The number of imidazole rings is 1. The first-order chi connectivity index (χ1) is 9.38. The summed E-state index contributed by atoms with van der Waals surface area (Å²) < 4.78 is 2.12. The molecule has 1 aliphatic heterocycles. The molecule has 3 heterocycles. The quantitative estimate of drug-likeness (QED) is 0.809. The van der Waals surface area contributed by atoms with Gasteiger partial charge in [-0.15, -0.1) is 0 Å². The molecule has 1 saturated heterocycles. The average molecular weight is 254 g/mol. The van der Waals surface area contributed by atoms with Gasteiger partial charge in [0, 0.05) is 37.9 Å². The molecule has 1 aliphatic rings. The first-order valence-corrected chi connectivity index (χ1v) is 6.32. The number of hydrogen-bond donors (Lipinski definition) is 0. The number of aromatic nitrogens is 4. The lowest BCUT2D eigenvalue weighted by Crippen LogP contribution is -2.37. The van der Waals surface area contributed by atoms with E-state index in [2.05, 4.69) is 30.5 Å². The Kier molecular flexibility index (Phi) is 3.11. The van der Waals surface area contributed by atoms with E-state index in [4.69, 9.17) is 5.26 Å². The highest BCUT2D eigenvalue weighted by Crippen LogP contribution is 2.25. The Bertz CT molecular complexity index is 585. The van der Waals surface area contributed by atoms with E-state index in [0.717, 1.165) is 25.9 Å². The van der Waals surface area contributed by atoms with E-state index in [9.17, 15) is 0 Å². The van der Waals surface area contributed by atoms with Gasteiger partial charge in [0.2, 0.25) is 0 Å². The highest BCUT2D eigenvalue weighted by atomic mass is 15.2. The lowest BCUT2D eigenvalue weighted by molar-refractivity contribution is 0.403. The predicted octanol–water partition coefficient (Wildman–Crippen LogP) is 1.39. The zero-order valence-electron chi connectivity index (χ0n) is 10.5. The molecule has 2 aromatic rings. The molecule has 0 amide bonds. The molecule has 1 fully saturated rings. The third-order valence-electron chi connectivity index (χ3n) is 3.43. The summed E-state index contributed by atoms with van der Waals surface area (Å²) in [6.45, 7) is 1.75. The summed E-state index contributed by atoms with van der Waals surface area (Å²) in [5.41, 5.74) is 0.397. The van der Waals surface area contributed by atoms with Crippen LogP contribution in [0.4, 0.5) is 5.82 Å². The van der Waals surface area contributed by atoms with E-state index in [1.165, 1.54) is 0 Å². The van der Waals surface area contributed by atoms with Crippen molar-refractivity contribution in [1.82, 2.24) is 19.5 Å². The predicted molar refractivity (Wildman–Crippen MR) is 69.5 cm³/mol. The number of nitrogens with zero attached hydrogens (tertiary/aromatic N) is 6. The number of anilines is 1. The summed E-state index contributed by atoms with van der Waals surface area (Å²) in [4.78, 5) is 14.6. The molecule has 6 nitrogen and oxygen atoms in total. The zero-order valence-corrected chi connectivity index (χ0v) is 10.5. The maximum atomic E-state index is 9.10. The Morgan fingerprint density at radius 1 is 1.26 bits per heavy atom. The van der Waals surface area contributed by atoms with Crippen molar-refractivity contribution in [3.05, 3.63) is 36.8 Å². The summed E-state index contributed by atoms with van der Waals surface area (Å²) >= 11 is 0. The normalized spacial score (nSPS) is 19.1. The minimum atomic E-state index is 0.379. The maximum absolute atomic E-state index is 9.10. The van der Waals surface area contributed by atoms with Crippen LogP contribution in [0.3, 0.4) is 0 Å². The van der Waals surface area contributed by atoms with Crippen molar-refractivity contribution in [2.24, 2.45) is 0 Å². The van der Waals surface area contributed by atoms with Gasteiger partial charge in [0.1, 0.15) is 6.07 Å². The number of rotatable bonds is 2. The molecule has 0 bridgehead atoms.